The summed E-state index contributed by atoms with van der Waals surface area (Å²) in [6.07, 6.45) is 3.99. The van der Waals surface area contributed by atoms with Crippen molar-refractivity contribution in [3.05, 3.63) is 36.4 Å². The average molecular weight is 447 g/mol. The third-order valence-corrected chi connectivity index (χ3v) is 7.01. The van der Waals surface area contributed by atoms with Crippen molar-refractivity contribution in [2.75, 3.05) is 39.4 Å². The molecule has 0 aliphatic carbocycles. The molecule has 170 valence electrons. The summed E-state index contributed by atoms with van der Waals surface area (Å²) in [6, 6.07) is 10.5. The number of nitrogens with one attached hydrogen (secondary N) is 2. The molecule has 0 aromatic heterocycles. The van der Waals surface area contributed by atoms with Gasteiger partial charge in [0.2, 0.25) is 9.84 Å². The van der Waals surface area contributed by atoms with Crippen LogP contribution in [0, 0.1) is 0 Å². The van der Waals surface area contributed by atoms with Crippen LogP contribution in [0.4, 0.5) is 0 Å². The van der Waals surface area contributed by atoms with Crippen molar-refractivity contribution >= 4 is 9.84 Å². The van der Waals surface area contributed by atoms with Crippen molar-refractivity contribution in [3.63, 3.8) is 0 Å². The average Bonchev–Trinajstić information content (AvgIpc) is 2.99. The molecule has 2 aromatic carbocycles. The van der Waals surface area contributed by atoms with Crippen molar-refractivity contribution in [2.24, 2.45) is 0 Å². The number of hydrogen-bond donors (Lipinski definition) is 2. The van der Waals surface area contributed by atoms with E-state index in [2.05, 4.69) is 24.5 Å². The van der Waals surface area contributed by atoms with E-state index in [4.69, 9.17) is 9.47 Å². The molecular weight excluding hydrogens is 412 g/mol. The van der Waals surface area contributed by atoms with Crippen molar-refractivity contribution in [1.29, 1.82) is 0 Å². The maximum Gasteiger partial charge on any atom is 0.207 e. The Bertz CT molecular complexity index is 960. The second-order valence-corrected chi connectivity index (χ2v) is 9.61. The molecule has 0 fully saturated rings. The van der Waals surface area contributed by atoms with Crippen LogP contribution in [-0.2, 0) is 9.84 Å². The quantitative estimate of drug-likeness (QED) is 0.364. The molecule has 0 saturated carbocycles. The van der Waals surface area contributed by atoms with E-state index in [1.165, 1.54) is 0 Å². The van der Waals surface area contributed by atoms with E-state index in [1.54, 1.807) is 18.2 Å². The minimum Gasteiger partial charge on any atom is -0.494 e. The Morgan fingerprint density at radius 1 is 0.710 bits per heavy atom. The Morgan fingerprint density at radius 3 is 1.90 bits per heavy atom. The zero-order valence-corrected chi connectivity index (χ0v) is 19.4. The molecule has 1 aliphatic rings. The molecule has 0 bridgehead atoms. The second kappa shape index (κ2) is 11.5. The van der Waals surface area contributed by atoms with Crippen LogP contribution in [0.1, 0.15) is 39.5 Å². The van der Waals surface area contributed by atoms with Crippen LogP contribution in [0.25, 0.3) is 11.1 Å². The first-order valence-electron chi connectivity index (χ1n) is 11.3. The fraction of sp³-hybridized carbons (Fsp3) is 0.500. The lowest BCUT2D eigenvalue weighted by Gasteiger charge is -2.09. The molecule has 6 nitrogen and oxygen atoms in total. The molecule has 0 atom stereocenters. The van der Waals surface area contributed by atoms with Gasteiger partial charge in [-0.05, 0) is 88.3 Å². The Balaban J connectivity index is 1.64. The molecular formula is C24H34N2O4S. The molecule has 2 aromatic rings. The van der Waals surface area contributed by atoms with Gasteiger partial charge in [-0.2, -0.15) is 0 Å². The summed E-state index contributed by atoms with van der Waals surface area (Å²) in [5.74, 6) is 1.28. The summed E-state index contributed by atoms with van der Waals surface area (Å²) >= 11 is 0. The van der Waals surface area contributed by atoms with E-state index < -0.39 is 9.84 Å². The zero-order chi connectivity index (χ0) is 22.1. The van der Waals surface area contributed by atoms with Gasteiger partial charge in [0.15, 0.2) is 0 Å². The topological polar surface area (TPSA) is 76.7 Å². The van der Waals surface area contributed by atoms with Gasteiger partial charge >= 0.3 is 0 Å². The highest BCUT2D eigenvalue weighted by molar-refractivity contribution is 7.92. The number of sulfone groups is 1. The summed E-state index contributed by atoms with van der Waals surface area (Å²) in [5, 5.41) is 6.67. The predicted molar refractivity (Wildman–Crippen MR) is 124 cm³/mol. The third kappa shape index (κ3) is 5.99. The van der Waals surface area contributed by atoms with Crippen LogP contribution < -0.4 is 20.1 Å². The summed E-state index contributed by atoms with van der Waals surface area (Å²) in [7, 11) is -3.54. The summed E-state index contributed by atoms with van der Waals surface area (Å²) in [6.45, 7) is 9.22. The number of ether oxygens (including phenoxy) is 2. The molecule has 0 amide bonds. The maximum absolute atomic E-state index is 13.0. The lowest BCUT2D eigenvalue weighted by molar-refractivity contribution is 0.307. The molecule has 2 N–H and O–H groups in total. The summed E-state index contributed by atoms with van der Waals surface area (Å²) < 4.78 is 37.7. The second-order valence-electron chi connectivity index (χ2n) is 7.72. The Labute approximate surface area is 186 Å². The normalized spacial score (nSPS) is 13.6. The van der Waals surface area contributed by atoms with Gasteiger partial charge in [-0.25, -0.2) is 8.42 Å². The first kappa shape index (κ1) is 23.6. The van der Waals surface area contributed by atoms with Crippen molar-refractivity contribution in [2.45, 2.75) is 49.3 Å². The highest BCUT2D eigenvalue weighted by atomic mass is 32.2. The fourth-order valence-corrected chi connectivity index (χ4v) is 5.26. The Kier molecular flexibility index (Phi) is 8.75. The van der Waals surface area contributed by atoms with Crippen LogP contribution in [0.15, 0.2) is 46.2 Å². The maximum atomic E-state index is 13.0. The van der Waals surface area contributed by atoms with E-state index in [-0.39, 0.29) is 0 Å². The van der Waals surface area contributed by atoms with Gasteiger partial charge in [0.05, 0.1) is 23.0 Å². The Hall–Kier alpha value is -2.09. The van der Waals surface area contributed by atoms with Crippen molar-refractivity contribution < 1.29 is 17.9 Å². The standard InChI is InChI=1S/C24H34N2O4S/c1-3-11-25-13-5-15-29-19-8-10-23-22(17-19)21-9-7-20(18-24(21)31(23,27)28)30-16-6-14-26-12-4-2/h7-10,17-18,25-26H,3-6,11-16H2,1-2H3. The SMILES string of the molecule is CCCNCCCOc1ccc2c(c1)-c1ccc(OCCCNCCC)cc1S2(=O)=O. The molecule has 0 unspecified atom stereocenters. The van der Waals surface area contributed by atoms with Crippen molar-refractivity contribution in [1.82, 2.24) is 10.6 Å². The van der Waals surface area contributed by atoms with Crippen LogP contribution >= 0.6 is 0 Å². The molecule has 0 saturated heterocycles. The monoisotopic (exact) mass is 446 g/mol. The van der Waals surface area contributed by atoms with Gasteiger partial charge < -0.3 is 20.1 Å². The predicted octanol–water partition coefficient (Wildman–Crippen LogP) is 4.04. The lowest BCUT2D eigenvalue weighted by atomic mass is 10.1. The number of hydrogen-bond acceptors (Lipinski definition) is 6. The molecule has 7 heteroatoms. The van der Waals surface area contributed by atoms with Gasteiger partial charge in [0, 0.05) is 11.1 Å². The lowest BCUT2D eigenvalue weighted by Crippen LogP contribution is -2.18. The summed E-state index contributed by atoms with van der Waals surface area (Å²) in [5.41, 5.74) is 1.41. The first-order chi connectivity index (χ1) is 15.1. The van der Waals surface area contributed by atoms with Gasteiger partial charge in [0.25, 0.3) is 0 Å². The molecule has 0 spiro atoms. The van der Waals surface area contributed by atoms with Gasteiger partial charge in [0.1, 0.15) is 11.5 Å². The molecule has 1 aliphatic heterocycles. The van der Waals surface area contributed by atoms with E-state index in [0.717, 1.165) is 51.9 Å². The van der Waals surface area contributed by atoms with Crippen LogP contribution in [0.5, 0.6) is 11.5 Å². The smallest absolute Gasteiger partial charge is 0.207 e. The molecule has 0 radical (unpaired) electrons. The van der Waals surface area contributed by atoms with E-state index >= 15 is 0 Å². The van der Waals surface area contributed by atoms with E-state index in [0.29, 0.717) is 45.6 Å². The minimum atomic E-state index is -3.54. The van der Waals surface area contributed by atoms with Crippen molar-refractivity contribution in [3.8, 4) is 22.6 Å². The fourth-order valence-electron chi connectivity index (χ4n) is 3.58. The Morgan fingerprint density at radius 2 is 1.29 bits per heavy atom. The number of fused-ring (bicyclic) bond motifs is 3. The first-order valence-corrected chi connectivity index (χ1v) is 12.8. The highest BCUT2D eigenvalue weighted by Gasteiger charge is 2.33. The molecule has 1 heterocycles. The van der Waals surface area contributed by atoms with Gasteiger partial charge in [-0.3, -0.25) is 0 Å². The van der Waals surface area contributed by atoms with Gasteiger partial charge in [-0.15, -0.1) is 0 Å². The molecule has 31 heavy (non-hydrogen) atoms. The third-order valence-electron chi connectivity index (χ3n) is 5.16. The van der Waals surface area contributed by atoms with E-state index in [9.17, 15) is 8.42 Å². The van der Waals surface area contributed by atoms with Gasteiger partial charge in [-0.1, -0.05) is 13.8 Å². The van der Waals surface area contributed by atoms with Crippen LogP contribution in [0.2, 0.25) is 0 Å². The summed E-state index contributed by atoms with van der Waals surface area (Å²) in [4.78, 5) is 0.644. The minimum absolute atomic E-state index is 0.310. The highest BCUT2D eigenvalue weighted by Crippen LogP contribution is 2.45. The molecule has 3 rings (SSSR count). The largest absolute Gasteiger partial charge is 0.494 e. The number of rotatable bonds is 14. The van der Waals surface area contributed by atoms with Crippen LogP contribution in [0.3, 0.4) is 0 Å². The van der Waals surface area contributed by atoms with Crippen LogP contribution in [-0.4, -0.2) is 47.8 Å². The van der Waals surface area contributed by atoms with E-state index in [1.807, 2.05) is 18.2 Å². The number of benzene rings is 2. The zero-order valence-electron chi connectivity index (χ0n) is 18.6.